The minimum atomic E-state index is -2.77. The summed E-state index contributed by atoms with van der Waals surface area (Å²) < 4.78 is 36.3. The smallest absolute Gasteiger partial charge is 0.262 e. The zero-order valence-corrected chi connectivity index (χ0v) is 17.0. The molecule has 0 bridgehead atoms. The van der Waals surface area contributed by atoms with Crippen molar-refractivity contribution in [2.24, 2.45) is 0 Å². The second kappa shape index (κ2) is 7.32. The van der Waals surface area contributed by atoms with Crippen molar-refractivity contribution in [2.75, 3.05) is 26.2 Å². The summed E-state index contributed by atoms with van der Waals surface area (Å²) in [5.41, 5.74) is -0.142. The average molecular weight is 444 g/mol. The van der Waals surface area contributed by atoms with Crippen LogP contribution in [0, 0.1) is 0 Å². The maximum Gasteiger partial charge on any atom is 0.262 e. The molecule has 8 nitrogen and oxygen atoms in total. The molecule has 11 heteroatoms. The van der Waals surface area contributed by atoms with Crippen LogP contribution < -0.4 is 5.32 Å². The third kappa shape index (κ3) is 3.30. The van der Waals surface area contributed by atoms with Crippen LogP contribution in [0.2, 0.25) is 5.15 Å². The molecule has 0 saturated carbocycles. The van der Waals surface area contributed by atoms with Gasteiger partial charge in [-0.3, -0.25) is 4.90 Å². The van der Waals surface area contributed by atoms with E-state index in [2.05, 4.69) is 15.3 Å². The Kier molecular flexibility index (Phi) is 4.99. The van der Waals surface area contributed by atoms with Crippen molar-refractivity contribution >= 4 is 22.6 Å². The third-order valence-electron chi connectivity index (χ3n) is 6.69. The van der Waals surface area contributed by atoms with Crippen LogP contribution in [0.25, 0.3) is 11.0 Å². The minimum Gasteiger partial charge on any atom is -0.387 e. The first-order valence-electron chi connectivity index (χ1n) is 10.1. The number of aliphatic hydroxyl groups excluding tert-OH is 2. The lowest BCUT2D eigenvalue weighted by Crippen LogP contribution is -2.54. The normalized spacial score (nSPS) is 33.6. The molecule has 3 saturated heterocycles. The first-order valence-corrected chi connectivity index (χ1v) is 10.5. The molecule has 1 spiro atoms. The summed E-state index contributed by atoms with van der Waals surface area (Å²) in [6.45, 7) is 1.12. The number of alkyl halides is 2. The highest BCUT2D eigenvalue weighted by molar-refractivity contribution is 6.33. The van der Waals surface area contributed by atoms with Crippen LogP contribution in [0.15, 0.2) is 18.6 Å². The standard InChI is InChI=1S/C19H24ClF2N5O3/c20-15-11-1-6-27(16(11)25-10-24-15)17-14(29)13(28)12(30-17)7-26-9-19(21,22)8-18(26)2-4-23-5-3-18/h1,6,10,12-14,17,23,28-29H,2-5,7-9H2/t12-,13-,14-,17-/m1/s1. The van der Waals surface area contributed by atoms with Crippen molar-refractivity contribution in [1.82, 2.24) is 24.8 Å². The van der Waals surface area contributed by atoms with Crippen LogP contribution in [-0.2, 0) is 4.74 Å². The van der Waals surface area contributed by atoms with Crippen LogP contribution in [-0.4, -0.2) is 85.6 Å². The maximum absolute atomic E-state index is 14.3. The molecule has 0 radical (unpaired) electrons. The van der Waals surface area contributed by atoms with E-state index in [1.54, 1.807) is 21.7 Å². The van der Waals surface area contributed by atoms with E-state index in [1.165, 1.54) is 6.33 Å². The Morgan fingerprint density at radius 3 is 2.77 bits per heavy atom. The van der Waals surface area contributed by atoms with Gasteiger partial charge >= 0.3 is 0 Å². The number of nitrogens with zero attached hydrogens (tertiary/aromatic N) is 4. The SMILES string of the molecule is O[C@@H]1[C@H](O)[C@@H](CN2CC(F)(F)CC23CCNCC3)O[C@H]1n1ccc2c(Cl)ncnc21. The van der Waals surface area contributed by atoms with Crippen molar-refractivity contribution in [1.29, 1.82) is 0 Å². The van der Waals surface area contributed by atoms with Crippen LogP contribution in [0.3, 0.4) is 0 Å². The molecule has 30 heavy (non-hydrogen) atoms. The quantitative estimate of drug-likeness (QED) is 0.613. The highest BCUT2D eigenvalue weighted by Crippen LogP contribution is 2.45. The minimum absolute atomic E-state index is 0.124. The Hall–Kier alpha value is -1.43. The second-order valence-electron chi connectivity index (χ2n) is 8.56. The van der Waals surface area contributed by atoms with E-state index >= 15 is 0 Å². The van der Waals surface area contributed by atoms with Crippen molar-refractivity contribution in [3.63, 3.8) is 0 Å². The van der Waals surface area contributed by atoms with E-state index < -0.39 is 36.0 Å². The Morgan fingerprint density at radius 1 is 1.23 bits per heavy atom. The summed E-state index contributed by atoms with van der Waals surface area (Å²) in [6, 6.07) is 1.71. The van der Waals surface area contributed by atoms with Gasteiger partial charge in [0.15, 0.2) is 6.23 Å². The van der Waals surface area contributed by atoms with Gasteiger partial charge in [-0.05, 0) is 32.0 Å². The van der Waals surface area contributed by atoms with Gasteiger partial charge < -0.3 is 24.8 Å². The van der Waals surface area contributed by atoms with Gasteiger partial charge in [0.05, 0.1) is 11.9 Å². The number of aromatic nitrogens is 3. The van der Waals surface area contributed by atoms with Crippen molar-refractivity contribution < 1.29 is 23.7 Å². The molecule has 2 aromatic heterocycles. The van der Waals surface area contributed by atoms with Crippen molar-refractivity contribution in [3.05, 3.63) is 23.7 Å². The lowest BCUT2D eigenvalue weighted by molar-refractivity contribution is -0.0560. The van der Waals surface area contributed by atoms with E-state index in [4.69, 9.17) is 16.3 Å². The van der Waals surface area contributed by atoms with Crippen molar-refractivity contribution in [3.8, 4) is 0 Å². The summed E-state index contributed by atoms with van der Waals surface area (Å²) in [5, 5.41) is 25.4. The Bertz CT molecular complexity index is 938. The summed E-state index contributed by atoms with van der Waals surface area (Å²) in [5.74, 6) is -2.77. The van der Waals surface area contributed by atoms with Gasteiger partial charge in [-0.2, -0.15) is 0 Å². The monoisotopic (exact) mass is 443 g/mol. The zero-order valence-electron chi connectivity index (χ0n) is 16.2. The van der Waals surface area contributed by atoms with Crippen LogP contribution >= 0.6 is 11.6 Å². The third-order valence-corrected chi connectivity index (χ3v) is 6.99. The molecule has 3 aliphatic rings. The Labute approximate surface area is 176 Å². The first kappa shape index (κ1) is 20.5. The lowest BCUT2D eigenvalue weighted by Gasteiger charge is -2.42. The van der Waals surface area contributed by atoms with Crippen LogP contribution in [0.4, 0.5) is 8.78 Å². The molecule has 0 aliphatic carbocycles. The highest BCUT2D eigenvalue weighted by Gasteiger charge is 2.56. The summed E-state index contributed by atoms with van der Waals surface area (Å²) in [6.07, 6.45) is -0.126. The molecule has 3 aliphatic heterocycles. The Morgan fingerprint density at radius 2 is 2.00 bits per heavy atom. The van der Waals surface area contributed by atoms with Gasteiger partial charge in [0.25, 0.3) is 5.92 Å². The number of piperidine rings is 1. The van der Waals surface area contributed by atoms with Gasteiger partial charge in [0.2, 0.25) is 0 Å². The average Bonchev–Trinajstić information content (AvgIpc) is 3.32. The molecule has 5 rings (SSSR count). The van der Waals surface area contributed by atoms with Gasteiger partial charge in [0.1, 0.15) is 35.4 Å². The molecule has 3 fully saturated rings. The van der Waals surface area contributed by atoms with E-state index in [0.717, 1.165) is 0 Å². The predicted molar refractivity (Wildman–Crippen MR) is 104 cm³/mol. The lowest BCUT2D eigenvalue weighted by atomic mass is 9.85. The van der Waals surface area contributed by atoms with E-state index in [-0.39, 0.29) is 24.7 Å². The molecule has 3 N–H and O–H groups in total. The molecule has 0 aromatic carbocycles. The number of likely N-dealkylation sites (tertiary alicyclic amines) is 1. The largest absolute Gasteiger partial charge is 0.387 e. The van der Waals surface area contributed by atoms with Crippen LogP contribution in [0.5, 0.6) is 0 Å². The van der Waals surface area contributed by atoms with Gasteiger partial charge in [0, 0.05) is 24.7 Å². The molecule has 4 atom stereocenters. The number of hydrogen-bond donors (Lipinski definition) is 3. The highest BCUT2D eigenvalue weighted by atomic mass is 35.5. The molecule has 0 unspecified atom stereocenters. The summed E-state index contributed by atoms with van der Waals surface area (Å²) >= 11 is 6.09. The topological polar surface area (TPSA) is 95.7 Å². The zero-order chi connectivity index (χ0) is 21.1. The van der Waals surface area contributed by atoms with Gasteiger partial charge in [-0.25, -0.2) is 18.7 Å². The number of halogens is 3. The van der Waals surface area contributed by atoms with Crippen molar-refractivity contribution in [2.45, 2.75) is 55.3 Å². The van der Waals surface area contributed by atoms with E-state index in [1.807, 2.05) is 0 Å². The van der Waals surface area contributed by atoms with Crippen LogP contribution in [0.1, 0.15) is 25.5 Å². The molecule has 0 amide bonds. The maximum atomic E-state index is 14.3. The summed E-state index contributed by atoms with van der Waals surface area (Å²) in [4.78, 5) is 9.89. The number of nitrogens with one attached hydrogen (secondary N) is 1. The Balaban J connectivity index is 1.39. The fourth-order valence-corrected chi connectivity index (χ4v) is 5.40. The first-order chi connectivity index (χ1) is 14.3. The fraction of sp³-hybridized carbons (Fsp3) is 0.684. The van der Waals surface area contributed by atoms with Gasteiger partial charge in [-0.1, -0.05) is 11.6 Å². The second-order valence-corrected chi connectivity index (χ2v) is 8.92. The number of aliphatic hydroxyl groups is 2. The van der Waals surface area contributed by atoms with E-state index in [9.17, 15) is 19.0 Å². The van der Waals surface area contributed by atoms with E-state index in [0.29, 0.717) is 37.0 Å². The molecule has 5 heterocycles. The molecule has 2 aromatic rings. The molecular weight excluding hydrogens is 420 g/mol. The number of fused-ring (bicyclic) bond motifs is 1. The molecule has 164 valence electrons. The number of hydrogen-bond acceptors (Lipinski definition) is 7. The summed E-state index contributed by atoms with van der Waals surface area (Å²) in [7, 11) is 0. The number of ether oxygens (including phenoxy) is 1. The fourth-order valence-electron chi connectivity index (χ4n) is 5.21. The van der Waals surface area contributed by atoms with Gasteiger partial charge in [-0.15, -0.1) is 0 Å². The number of rotatable bonds is 3. The predicted octanol–water partition coefficient (Wildman–Crippen LogP) is 1.17. The molecular formula is C19H24ClF2N5O3.